The first-order chi connectivity index (χ1) is 8.72. The molecule has 1 aromatic carbocycles. The van der Waals surface area contributed by atoms with E-state index in [0.717, 1.165) is 13.0 Å². The fourth-order valence-corrected chi connectivity index (χ4v) is 2.36. The van der Waals surface area contributed by atoms with Gasteiger partial charge in [0.25, 0.3) is 0 Å². The molecular formula is C15H19NO2. The first kappa shape index (κ1) is 12.7. The van der Waals surface area contributed by atoms with Crippen LogP contribution in [0.2, 0.25) is 0 Å². The Morgan fingerprint density at radius 2 is 2.28 bits per heavy atom. The number of benzene rings is 1. The number of anilines is 1. The third kappa shape index (κ3) is 2.73. The number of carbonyl (C=O) groups is 1. The lowest BCUT2D eigenvalue weighted by molar-refractivity contribution is -0.137. The molecule has 3 nitrogen and oxygen atoms in total. The summed E-state index contributed by atoms with van der Waals surface area (Å²) >= 11 is 0. The number of rotatable bonds is 4. The molecule has 0 N–H and O–H groups in total. The molecule has 0 fully saturated rings. The second-order valence-corrected chi connectivity index (χ2v) is 4.49. The fourth-order valence-electron chi connectivity index (χ4n) is 2.36. The van der Waals surface area contributed by atoms with Gasteiger partial charge in [0.05, 0.1) is 6.61 Å². The SMILES string of the molecule is CCOC(=O)/C=C/CN1c2ccccc2CC1C. The van der Waals surface area contributed by atoms with Crippen molar-refractivity contribution in [3.05, 3.63) is 42.0 Å². The number of para-hydroxylation sites is 1. The molecule has 0 aromatic heterocycles. The van der Waals surface area contributed by atoms with Gasteiger partial charge < -0.3 is 9.64 Å². The summed E-state index contributed by atoms with van der Waals surface area (Å²) in [6.07, 6.45) is 4.46. The zero-order valence-electron chi connectivity index (χ0n) is 10.9. The Bertz CT molecular complexity index is 454. The van der Waals surface area contributed by atoms with Gasteiger partial charge in [0, 0.05) is 24.4 Å². The van der Waals surface area contributed by atoms with Crippen LogP contribution in [0.5, 0.6) is 0 Å². The van der Waals surface area contributed by atoms with Crippen LogP contribution in [0.4, 0.5) is 5.69 Å². The van der Waals surface area contributed by atoms with Crippen LogP contribution >= 0.6 is 0 Å². The van der Waals surface area contributed by atoms with Gasteiger partial charge in [-0.05, 0) is 31.9 Å². The molecule has 18 heavy (non-hydrogen) atoms. The molecule has 1 aliphatic heterocycles. The van der Waals surface area contributed by atoms with Crippen LogP contribution in [-0.4, -0.2) is 25.2 Å². The summed E-state index contributed by atoms with van der Waals surface area (Å²) in [4.78, 5) is 13.5. The summed E-state index contributed by atoms with van der Waals surface area (Å²) in [6, 6.07) is 8.91. The van der Waals surface area contributed by atoms with Gasteiger partial charge in [-0.3, -0.25) is 0 Å². The summed E-state index contributed by atoms with van der Waals surface area (Å²) in [5.74, 6) is -0.266. The smallest absolute Gasteiger partial charge is 0.330 e. The van der Waals surface area contributed by atoms with E-state index in [4.69, 9.17) is 4.74 Å². The van der Waals surface area contributed by atoms with Crippen molar-refractivity contribution in [1.29, 1.82) is 0 Å². The minimum Gasteiger partial charge on any atom is -0.463 e. The molecule has 3 heteroatoms. The molecule has 0 bridgehead atoms. The van der Waals surface area contributed by atoms with Gasteiger partial charge in [-0.2, -0.15) is 0 Å². The molecular weight excluding hydrogens is 226 g/mol. The summed E-state index contributed by atoms with van der Waals surface area (Å²) in [7, 11) is 0. The minimum absolute atomic E-state index is 0.266. The lowest BCUT2D eigenvalue weighted by Crippen LogP contribution is -2.29. The predicted octanol–water partition coefficient (Wildman–Crippen LogP) is 2.56. The Labute approximate surface area is 108 Å². The average Bonchev–Trinajstić information content (AvgIpc) is 2.66. The second kappa shape index (κ2) is 5.71. The highest BCUT2D eigenvalue weighted by Gasteiger charge is 2.24. The second-order valence-electron chi connectivity index (χ2n) is 4.49. The monoisotopic (exact) mass is 245 g/mol. The summed E-state index contributed by atoms with van der Waals surface area (Å²) in [5.41, 5.74) is 2.66. The Balaban J connectivity index is 2.00. The van der Waals surface area contributed by atoms with Gasteiger partial charge in [0.2, 0.25) is 0 Å². The van der Waals surface area contributed by atoms with Crippen molar-refractivity contribution in [2.24, 2.45) is 0 Å². The van der Waals surface area contributed by atoms with Crippen molar-refractivity contribution in [3.63, 3.8) is 0 Å². The van der Waals surface area contributed by atoms with Crippen molar-refractivity contribution in [2.45, 2.75) is 26.3 Å². The Morgan fingerprint density at radius 1 is 1.50 bits per heavy atom. The number of esters is 1. The minimum atomic E-state index is -0.266. The zero-order valence-corrected chi connectivity index (χ0v) is 10.9. The van der Waals surface area contributed by atoms with E-state index in [-0.39, 0.29) is 5.97 Å². The van der Waals surface area contributed by atoms with Gasteiger partial charge in [-0.15, -0.1) is 0 Å². The van der Waals surface area contributed by atoms with Crippen molar-refractivity contribution < 1.29 is 9.53 Å². The summed E-state index contributed by atoms with van der Waals surface area (Å²) < 4.78 is 4.86. The first-order valence-electron chi connectivity index (χ1n) is 6.40. The topological polar surface area (TPSA) is 29.5 Å². The molecule has 1 unspecified atom stereocenters. The average molecular weight is 245 g/mol. The van der Waals surface area contributed by atoms with E-state index >= 15 is 0 Å². The van der Waals surface area contributed by atoms with Gasteiger partial charge in [-0.1, -0.05) is 24.3 Å². The Hall–Kier alpha value is -1.77. The van der Waals surface area contributed by atoms with Crippen LogP contribution in [0.25, 0.3) is 0 Å². The van der Waals surface area contributed by atoms with Crippen LogP contribution in [0.15, 0.2) is 36.4 Å². The van der Waals surface area contributed by atoms with E-state index < -0.39 is 0 Å². The largest absolute Gasteiger partial charge is 0.463 e. The van der Waals surface area contributed by atoms with Gasteiger partial charge in [0.1, 0.15) is 0 Å². The zero-order chi connectivity index (χ0) is 13.0. The first-order valence-corrected chi connectivity index (χ1v) is 6.40. The highest BCUT2D eigenvalue weighted by Crippen LogP contribution is 2.31. The molecule has 0 spiro atoms. The van der Waals surface area contributed by atoms with Gasteiger partial charge in [0.15, 0.2) is 0 Å². The van der Waals surface area contributed by atoms with E-state index in [1.807, 2.05) is 13.0 Å². The number of hydrogen-bond donors (Lipinski definition) is 0. The maximum absolute atomic E-state index is 11.2. The van der Waals surface area contributed by atoms with Crippen LogP contribution in [0.1, 0.15) is 19.4 Å². The summed E-state index contributed by atoms with van der Waals surface area (Å²) in [6.45, 7) is 5.19. The molecule has 0 saturated heterocycles. The van der Waals surface area contributed by atoms with Crippen molar-refractivity contribution >= 4 is 11.7 Å². The quantitative estimate of drug-likeness (QED) is 0.603. The van der Waals surface area contributed by atoms with Crippen LogP contribution in [0, 0.1) is 0 Å². The Morgan fingerprint density at radius 3 is 3.06 bits per heavy atom. The molecule has 1 atom stereocenters. The fraction of sp³-hybridized carbons (Fsp3) is 0.400. The van der Waals surface area contributed by atoms with E-state index in [2.05, 4.69) is 36.1 Å². The number of carbonyl (C=O) groups excluding carboxylic acids is 1. The van der Waals surface area contributed by atoms with Crippen molar-refractivity contribution in [1.82, 2.24) is 0 Å². The molecule has 96 valence electrons. The third-order valence-electron chi connectivity index (χ3n) is 3.19. The standard InChI is InChI=1S/C15H19NO2/c1-3-18-15(17)9-6-10-16-12(2)11-13-7-4-5-8-14(13)16/h4-9,12H,3,10-11H2,1-2H3/b9-6+. The number of fused-ring (bicyclic) bond motifs is 1. The molecule has 1 aromatic rings. The normalized spacial score (nSPS) is 18.1. The third-order valence-corrected chi connectivity index (χ3v) is 3.19. The maximum Gasteiger partial charge on any atom is 0.330 e. The van der Waals surface area contributed by atoms with E-state index in [0.29, 0.717) is 12.6 Å². The number of ether oxygens (including phenoxy) is 1. The molecule has 1 aliphatic rings. The van der Waals surface area contributed by atoms with Gasteiger partial charge >= 0.3 is 5.97 Å². The number of nitrogens with zero attached hydrogens (tertiary/aromatic N) is 1. The summed E-state index contributed by atoms with van der Waals surface area (Å²) in [5, 5.41) is 0. The molecule has 2 rings (SSSR count). The molecule has 0 amide bonds. The molecule has 0 radical (unpaired) electrons. The molecule has 1 heterocycles. The van der Waals surface area contributed by atoms with E-state index in [1.165, 1.54) is 17.3 Å². The van der Waals surface area contributed by atoms with E-state index in [1.54, 1.807) is 0 Å². The molecule has 0 aliphatic carbocycles. The van der Waals surface area contributed by atoms with Gasteiger partial charge in [-0.25, -0.2) is 4.79 Å². The van der Waals surface area contributed by atoms with Crippen molar-refractivity contribution in [2.75, 3.05) is 18.1 Å². The van der Waals surface area contributed by atoms with Crippen molar-refractivity contribution in [3.8, 4) is 0 Å². The lowest BCUT2D eigenvalue weighted by Gasteiger charge is -2.23. The highest BCUT2D eigenvalue weighted by atomic mass is 16.5. The Kier molecular flexibility index (Phi) is 4.03. The lowest BCUT2D eigenvalue weighted by atomic mass is 10.1. The predicted molar refractivity (Wildman–Crippen MR) is 72.7 cm³/mol. The van der Waals surface area contributed by atoms with E-state index in [9.17, 15) is 4.79 Å². The van der Waals surface area contributed by atoms with Crippen LogP contribution < -0.4 is 4.90 Å². The van der Waals surface area contributed by atoms with Crippen LogP contribution in [-0.2, 0) is 16.0 Å². The maximum atomic E-state index is 11.2. The highest BCUT2D eigenvalue weighted by molar-refractivity contribution is 5.82. The number of hydrogen-bond acceptors (Lipinski definition) is 3. The van der Waals surface area contributed by atoms with Crippen LogP contribution in [0.3, 0.4) is 0 Å². The molecule has 0 saturated carbocycles.